The molecule has 2 fully saturated rings. The summed E-state index contributed by atoms with van der Waals surface area (Å²) in [4.78, 5) is 0. The summed E-state index contributed by atoms with van der Waals surface area (Å²) in [7, 11) is 0. The van der Waals surface area contributed by atoms with Crippen LogP contribution in [-0.2, 0) is 0 Å². The van der Waals surface area contributed by atoms with Crippen molar-refractivity contribution < 1.29 is 13.3 Å². The lowest BCUT2D eigenvalue weighted by molar-refractivity contribution is -0.0931. The minimum absolute atomic E-state index is 0.243. The summed E-state index contributed by atoms with van der Waals surface area (Å²) in [6.45, 7) is 5.92. The minimum Gasteiger partial charge on any atom is -0.393 e. The highest BCUT2D eigenvalue weighted by atomic mass is 16.3. The van der Waals surface area contributed by atoms with E-state index in [1.807, 2.05) is 0 Å². The van der Waals surface area contributed by atoms with Crippen LogP contribution in [0.4, 0.5) is 0 Å². The molecule has 1 heteroatoms. The molecule has 170 valence electrons. The van der Waals surface area contributed by atoms with Crippen LogP contribution in [0, 0.1) is 39.9 Å². The van der Waals surface area contributed by atoms with Crippen molar-refractivity contribution >= 4 is 0 Å². The number of rotatable bonds is 4. The van der Waals surface area contributed by atoms with Crippen LogP contribution < -0.4 is 0 Å². The molecular formula is C29H48O. The molecule has 4 rings (SSSR count). The Morgan fingerprint density at radius 2 is 1.90 bits per heavy atom. The van der Waals surface area contributed by atoms with Crippen LogP contribution in [0.15, 0.2) is 22.8 Å². The minimum atomic E-state index is -2.75. The van der Waals surface area contributed by atoms with E-state index in [-0.39, 0.29) is 11.8 Å². The van der Waals surface area contributed by atoms with E-state index in [2.05, 4.69) is 40.7 Å². The van der Waals surface area contributed by atoms with Gasteiger partial charge in [-0.05, 0) is 118 Å². The maximum Gasteiger partial charge on any atom is 0.0594 e. The van der Waals surface area contributed by atoms with Crippen LogP contribution in [-0.4, -0.2) is 11.2 Å². The fraction of sp³-hybridized carbons (Fsp3) is 0.862. The van der Waals surface area contributed by atoms with Crippen molar-refractivity contribution in [2.45, 2.75) is 119 Å². The second-order valence-corrected chi connectivity index (χ2v) is 12.0. The quantitative estimate of drug-likeness (QED) is 0.457. The van der Waals surface area contributed by atoms with Gasteiger partial charge in [0.2, 0.25) is 0 Å². The summed E-state index contributed by atoms with van der Waals surface area (Å²) in [5.74, 6) is 1.34. The van der Waals surface area contributed by atoms with E-state index >= 15 is 0 Å². The molecule has 0 aromatic rings. The van der Waals surface area contributed by atoms with E-state index < -0.39 is 36.6 Å². The Bertz CT molecular complexity index is 896. The largest absolute Gasteiger partial charge is 0.393 e. The van der Waals surface area contributed by atoms with Gasteiger partial charge in [0.15, 0.2) is 0 Å². The predicted molar refractivity (Wildman–Crippen MR) is 128 cm³/mol. The van der Waals surface area contributed by atoms with Crippen LogP contribution in [0.1, 0.15) is 121 Å². The highest BCUT2D eigenvalue weighted by molar-refractivity contribution is 5.35. The van der Waals surface area contributed by atoms with Gasteiger partial charge in [0.1, 0.15) is 0 Å². The standard InChI is InChI=1S/C29H48O/c1-19(2)9-8-10-20(3)22-12-13-23-21-11-14-25-27(4,5)26(30)16-18-29(25,7)24(21)15-17-28(22,23)6/h9,20,22-23,25-26,30H,8,10-18H2,1-7H3/t20-,22-,23?,25?,26+,28-,29-/m1/s1/i4D3,5D3. The zero-order chi connectivity index (χ0) is 26.9. The van der Waals surface area contributed by atoms with Crippen LogP contribution in [0.25, 0.3) is 0 Å². The third-order valence-electron chi connectivity index (χ3n) is 10.2. The zero-order valence-electron chi connectivity index (χ0n) is 26.0. The molecule has 0 aromatic heterocycles. The molecule has 0 amide bonds. The average molecular weight is 419 g/mol. The second-order valence-electron chi connectivity index (χ2n) is 12.0. The maximum atomic E-state index is 11.1. The molecule has 0 aromatic carbocycles. The topological polar surface area (TPSA) is 20.2 Å². The lowest BCUT2D eigenvalue weighted by atomic mass is 9.46. The monoisotopic (exact) mass is 418 g/mol. The second kappa shape index (κ2) is 7.79. The molecule has 0 bridgehead atoms. The zero-order valence-corrected chi connectivity index (χ0v) is 20.0. The first-order valence-corrected chi connectivity index (χ1v) is 12.6. The van der Waals surface area contributed by atoms with Gasteiger partial charge in [-0.3, -0.25) is 0 Å². The van der Waals surface area contributed by atoms with Gasteiger partial charge < -0.3 is 5.11 Å². The smallest absolute Gasteiger partial charge is 0.0594 e. The van der Waals surface area contributed by atoms with Crippen molar-refractivity contribution in [3.8, 4) is 0 Å². The first-order chi connectivity index (χ1) is 16.5. The Hall–Kier alpha value is -0.560. The molecular weight excluding hydrogens is 364 g/mol. The summed E-state index contributed by atoms with van der Waals surface area (Å²) < 4.78 is 50.4. The summed E-state index contributed by atoms with van der Waals surface area (Å²) in [5.41, 5.74) is 2.02. The summed E-state index contributed by atoms with van der Waals surface area (Å²) in [6, 6.07) is 0. The van der Waals surface area contributed by atoms with Gasteiger partial charge in [-0.15, -0.1) is 0 Å². The molecule has 1 N–H and O–H groups in total. The Kier molecular flexibility index (Phi) is 4.18. The molecule has 0 saturated heterocycles. The number of allylic oxidation sites excluding steroid dienone is 4. The Morgan fingerprint density at radius 3 is 2.60 bits per heavy atom. The van der Waals surface area contributed by atoms with Crippen LogP contribution in [0.5, 0.6) is 0 Å². The van der Waals surface area contributed by atoms with Gasteiger partial charge >= 0.3 is 0 Å². The van der Waals surface area contributed by atoms with Gasteiger partial charge in [0.25, 0.3) is 0 Å². The number of aliphatic hydroxyl groups is 1. The maximum absolute atomic E-state index is 11.1. The van der Waals surface area contributed by atoms with Gasteiger partial charge in [-0.25, -0.2) is 0 Å². The molecule has 1 nitrogen and oxygen atoms in total. The Labute approximate surface area is 195 Å². The van der Waals surface area contributed by atoms with E-state index in [1.54, 1.807) is 0 Å². The van der Waals surface area contributed by atoms with Gasteiger partial charge in [-0.1, -0.05) is 57.3 Å². The van der Waals surface area contributed by atoms with Gasteiger partial charge in [-0.2, -0.15) is 0 Å². The lowest BCUT2D eigenvalue weighted by Gasteiger charge is -2.60. The van der Waals surface area contributed by atoms with E-state index in [0.717, 1.165) is 25.7 Å². The molecule has 0 spiro atoms. The first kappa shape index (κ1) is 16.1. The van der Waals surface area contributed by atoms with Gasteiger partial charge in [0.05, 0.1) is 6.10 Å². The van der Waals surface area contributed by atoms with Crippen molar-refractivity contribution in [2.24, 2.45) is 39.9 Å². The summed E-state index contributed by atoms with van der Waals surface area (Å²) in [6.07, 6.45) is 10.1. The molecule has 0 radical (unpaired) electrons. The highest BCUT2D eigenvalue weighted by Gasteiger charge is 2.59. The molecule has 4 aliphatic carbocycles. The van der Waals surface area contributed by atoms with Crippen molar-refractivity contribution in [1.82, 2.24) is 0 Å². The van der Waals surface area contributed by atoms with Crippen LogP contribution in [0.3, 0.4) is 0 Å². The molecule has 0 heterocycles. The van der Waals surface area contributed by atoms with Crippen molar-refractivity contribution in [2.75, 3.05) is 0 Å². The molecule has 2 saturated carbocycles. The Balaban J connectivity index is 1.70. The summed E-state index contributed by atoms with van der Waals surface area (Å²) >= 11 is 0. The third-order valence-corrected chi connectivity index (χ3v) is 10.2. The van der Waals surface area contributed by atoms with Crippen molar-refractivity contribution in [3.05, 3.63) is 22.8 Å². The fourth-order valence-corrected chi connectivity index (χ4v) is 8.49. The van der Waals surface area contributed by atoms with Crippen molar-refractivity contribution in [1.29, 1.82) is 0 Å². The Morgan fingerprint density at radius 1 is 1.13 bits per heavy atom. The summed E-state index contributed by atoms with van der Waals surface area (Å²) in [5, 5.41) is 11.1. The SMILES string of the molecule is [2H]C([2H])([2H])C1(C([2H])([2H])[2H])C2CCC3=C(CC[C@@]4(C)C3CC[C@@H]4[C@H](C)CCC=C(C)C)[C@@]2(C)CC[C@@H]1O. The number of aliphatic hydroxyl groups excluding tert-OH is 1. The lowest BCUT2D eigenvalue weighted by Crippen LogP contribution is -2.53. The van der Waals surface area contributed by atoms with Crippen LogP contribution in [0.2, 0.25) is 0 Å². The highest BCUT2D eigenvalue weighted by Crippen LogP contribution is 2.68. The fourth-order valence-electron chi connectivity index (χ4n) is 8.49. The third kappa shape index (κ3) is 3.37. The van der Waals surface area contributed by atoms with E-state index in [4.69, 9.17) is 8.22 Å². The predicted octanol–water partition coefficient (Wildman–Crippen LogP) is 8.09. The normalized spacial score (nSPS) is 47.3. The molecule has 30 heavy (non-hydrogen) atoms. The molecule has 7 atom stereocenters. The molecule has 4 aliphatic rings. The number of fused-ring (bicyclic) bond motifs is 4. The van der Waals surface area contributed by atoms with Crippen LogP contribution >= 0.6 is 0 Å². The van der Waals surface area contributed by atoms with E-state index in [1.165, 1.54) is 36.0 Å². The average Bonchev–Trinajstić information content (AvgIpc) is 3.09. The van der Waals surface area contributed by atoms with E-state index in [0.29, 0.717) is 30.6 Å². The number of hydrogen-bond donors (Lipinski definition) is 1. The number of hydrogen-bond acceptors (Lipinski definition) is 1. The molecule has 2 unspecified atom stereocenters. The van der Waals surface area contributed by atoms with E-state index in [9.17, 15) is 5.11 Å². The first-order valence-electron chi connectivity index (χ1n) is 15.6. The molecule has 0 aliphatic heterocycles. The van der Waals surface area contributed by atoms with Crippen molar-refractivity contribution in [3.63, 3.8) is 0 Å². The van der Waals surface area contributed by atoms with Gasteiger partial charge in [0, 0.05) is 8.22 Å².